The van der Waals surface area contributed by atoms with Gasteiger partial charge in [-0.2, -0.15) is 0 Å². The van der Waals surface area contributed by atoms with Gasteiger partial charge in [0.1, 0.15) is 0 Å². The third-order valence-corrected chi connectivity index (χ3v) is 2.53. The molecule has 1 N–H and O–H groups in total. The number of aryl methyl sites for hydroxylation is 1. The van der Waals surface area contributed by atoms with E-state index in [4.69, 9.17) is 9.47 Å². The average Bonchev–Trinajstić information content (AvgIpc) is 2.79. The van der Waals surface area contributed by atoms with Gasteiger partial charge in [0.25, 0.3) is 0 Å². The maximum atomic E-state index is 5.42. The first-order valence-corrected chi connectivity index (χ1v) is 6.29. The molecule has 17 heavy (non-hydrogen) atoms. The van der Waals surface area contributed by atoms with Crippen LogP contribution in [0.4, 0.5) is 0 Å². The standard InChI is InChI=1S/C13H24N2O2/c1-3-14-11-13-5-7-15(12-13)6-4-8-17-10-9-16-2/h5,7,12,14H,3-4,6,8-11H2,1-2H3. The Labute approximate surface area is 104 Å². The fourth-order valence-corrected chi connectivity index (χ4v) is 1.60. The monoisotopic (exact) mass is 240 g/mol. The molecule has 0 aliphatic carbocycles. The van der Waals surface area contributed by atoms with Gasteiger partial charge < -0.3 is 19.4 Å². The molecule has 0 aromatic carbocycles. The predicted octanol–water partition coefficient (Wildman–Crippen LogP) is 1.65. The minimum atomic E-state index is 0.677. The molecular weight excluding hydrogens is 216 g/mol. The molecular formula is C13H24N2O2. The highest BCUT2D eigenvalue weighted by Crippen LogP contribution is 2.02. The van der Waals surface area contributed by atoms with E-state index in [0.29, 0.717) is 13.2 Å². The maximum Gasteiger partial charge on any atom is 0.0700 e. The Hall–Kier alpha value is -0.840. The smallest absolute Gasteiger partial charge is 0.0700 e. The van der Waals surface area contributed by atoms with Gasteiger partial charge in [-0.3, -0.25) is 0 Å². The molecule has 4 heteroatoms. The van der Waals surface area contributed by atoms with Gasteiger partial charge in [-0.05, 0) is 24.6 Å². The Kier molecular flexibility index (Phi) is 7.71. The molecule has 0 radical (unpaired) electrons. The number of nitrogens with one attached hydrogen (secondary N) is 1. The van der Waals surface area contributed by atoms with Crippen LogP contribution in [0.5, 0.6) is 0 Å². The summed E-state index contributed by atoms with van der Waals surface area (Å²) in [4.78, 5) is 0. The molecule has 0 atom stereocenters. The summed E-state index contributed by atoms with van der Waals surface area (Å²) in [7, 11) is 1.69. The SMILES string of the molecule is CCNCc1ccn(CCCOCCOC)c1. The maximum absolute atomic E-state index is 5.42. The molecule has 0 aliphatic rings. The second-order valence-electron chi connectivity index (χ2n) is 4.00. The Balaban J connectivity index is 2.08. The van der Waals surface area contributed by atoms with Gasteiger partial charge in [0, 0.05) is 39.2 Å². The lowest BCUT2D eigenvalue weighted by Crippen LogP contribution is -2.11. The van der Waals surface area contributed by atoms with Gasteiger partial charge in [-0.25, -0.2) is 0 Å². The number of aromatic nitrogens is 1. The van der Waals surface area contributed by atoms with Crippen molar-refractivity contribution >= 4 is 0 Å². The van der Waals surface area contributed by atoms with E-state index in [1.54, 1.807) is 7.11 Å². The van der Waals surface area contributed by atoms with Crippen molar-refractivity contribution in [2.24, 2.45) is 0 Å². The second kappa shape index (κ2) is 9.22. The molecule has 1 heterocycles. The summed E-state index contributed by atoms with van der Waals surface area (Å²) < 4.78 is 12.5. The van der Waals surface area contributed by atoms with Crippen molar-refractivity contribution in [3.05, 3.63) is 24.0 Å². The summed E-state index contributed by atoms with van der Waals surface area (Å²) in [6, 6.07) is 2.16. The van der Waals surface area contributed by atoms with Crippen molar-refractivity contribution in [1.82, 2.24) is 9.88 Å². The van der Waals surface area contributed by atoms with E-state index in [2.05, 4.69) is 35.3 Å². The lowest BCUT2D eigenvalue weighted by Gasteiger charge is -2.04. The molecule has 0 saturated heterocycles. The van der Waals surface area contributed by atoms with E-state index in [-0.39, 0.29) is 0 Å². The Morgan fingerprint density at radius 2 is 2.18 bits per heavy atom. The largest absolute Gasteiger partial charge is 0.382 e. The summed E-state index contributed by atoms with van der Waals surface area (Å²) in [5.74, 6) is 0. The molecule has 0 amide bonds. The third kappa shape index (κ3) is 6.46. The van der Waals surface area contributed by atoms with Crippen LogP contribution in [0.25, 0.3) is 0 Å². The van der Waals surface area contributed by atoms with Crippen molar-refractivity contribution in [2.75, 3.05) is 33.5 Å². The van der Waals surface area contributed by atoms with Crippen LogP contribution in [0.1, 0.15) is 18.9 Å². The van der Waals surface area contributed by atoms with E-state index in [0.717, 1.165) is 32.7 Å². The van der Waals surface area contributed by atoms with Crippen LogP contribution in [0, 0.1) is 0 Å². The number of rotatable bonds is 10. The van der Waals surface area contributed by atoms with Gasteiger partial charge in [-0.1, -0.05) is 6.92 Å². The lowest BCUT2D eigenvalue weighted by molar-refractivity contribution is 0.0680. The van der Waals surface area contributed by atoms with Gasteiger partial charge in [0.2, 0.25) is 0 Å². The van der Waals surface area contributed by atoms with Crippen molar-refractivity contribution in [3.8, 4) is 0 Å². The summed E-state index contributed by atoms with van der Waals surface area (Å²) in [6.07, 6.45) is 5.36. The number of hydrogen-bond acceptors (Lipinski definition) is 3. The minimum absolute atomic E-state index is 0.677. The Morgan fingerprint density at radius 1 is 1.29 bits per heavy atom. The highest BCUT2D eigenvalue weighted by molar-refractivity contribution is 5.09. The van der Waals surface area contributed by atoms with Crippen LogP contribution in [-0.2, 0) is 22.6 Å². The topological polar surface area (TPSA) is 35.4 Å². The van der Waals surface area contributed by atoms with Crippen LogP contribution < -0.4 is 5.32 Å². The summed E-state index contributed by atoms with van der Waals surface area (Å²) in [5.41, 5.74) is 1.34. The fraction of sp³-hybridized carbons (Fsp3) is 0.692. The van der Waals surface area contributed by atoms with Gasteiger partial charge in [0.05, 0.1) is 13.2 Å². The Morgan fingerprint density at radius 3 is 2.94 bits per heavy atom. The minimum Gasteiger partial charge on any atom is -0.382 e. The molecule has 1 aromatic heterocycles. The van der Waals surface area contributed by atoms with Gasteiger partial charge >= 0.3 is 0 Å². The molecule has 0 bridgehead atoms. The first kappa shape index (κ1) is 14.2. The molecule has 0 saturated carbocycles. The zero-order valence-corrected chi connectivity index (χ0v) is 10.9. The number of ether oxygens (including phenoxy) is 2. The normalized spacial score (nSPS) is 10.9. The molecule has 4 nitrogen and oxygen atoms in total. The number of nitrogens with zero attached hydrogens (tertiary/aromatic N) is 1. The lowest BCUT2D eigenvalue weighted by atomic mass is 10.3. The highest BCUT2D eigenvalue weighted by Gasteiger charge is 1.96. The molecule has 0 spiro atoms. The van der Waals surface area contributed by atoms with Crippen LogP contribution in [0.2, 0.25) is 0 Å². The van der Waals surface area contributed by atoms with E-state index in [9.17, 15) is 0 Å². The Bertz CT molecular complexity index is 287. The first-order valence-electron chi connectivity index (χ1n) is 6.29. The zero-order valence-electron chi connectivity index (χ0n) is 10.9. The zero-order chi connectivity index (χ0) is 12.3. The van der Waals surface area contributed by atoms with Crippen LogP contribution in [0.3, 0.4) is 0 Å². The summed E-state index contributed by atoms with van der Waals surface area (Å²) in [6.45, 7) is 7.26. The van der Waals surface area contributed by atoms with E-state index >= 15 is 0 Å². The second-order valence-corrected chi connectivity index (χ2v) is 4.00. The van der Waals surface area contributed by atoms with Crippen molar-refractivity contribution in [1.29, 1.82) is 0 Å². The van der Waals surface area contributed by atoms with Crippen molar-refractivity contribution in [3.63, 3.8) is 0 Å². The first-order chi connectivity index (χ1) is 8.36. The molecule has 0 unspecified atom stereocenters. The fourth-order valence-electron chi connectivity index (χ4n) is 1.60. The molecule has 0 aliphatic heterocycles. The highest BCUT2D eigenvalue weighted by atomic mass is 16.5. The number of methoxy groups -OCH3 is 1. The van der Waals surface area contributed by atoms with Gasteiger partial charge in [0.15, 0.2) is 0 Å². The van der Waals surface area contributed by atoms with Gasteiger partial charge in [-0.15, -0.1) is 0 Å². The average molecular weight is 240 g/mol. The molecule has 98 valence electrons. The predicted molar refractivity (Wildman–Crippen MR) is 69.1 cm³/mol. The quantitative estimate of drug-likeness (QED) is 0.632. The molecule has 1 aromatic rings. The van der Waals surface area contributed by atoms with Crippen molar-refractivity contribution < 1.29 is 9.47 Å². The number of hydrogen-bond donors (Lipinski definition) is 1. The van der Waals surface area contributed by atoms with Crippen molar-refractivity contribution in [2.45, 2.75) is 26.4 Å². The van der Waals surface area contributed by atoms with E-state index in [1.165, 1.54) is 5.56 Å². The van der Waals surface area contributed by atoms with E-state index < -0.39 is 0 Å². The molecule has 0 fully saturated rings. The van der Waals surface area contributed by atoms with E-state index in [1.807, 2.05) is 0 Å². The summed E-state index contributed by atoms with van der Waals surface area (Å²) >= 11 is 0. The van der Waals surface area contributed by atoms with Crippen LogP contribution >= 0.6 is 0 Å². The summed E-state index contributed by atoms with van der Waals surface area (Å²) in [5, 5.41) is 3.32. The third-order valence-electron chi connectivity index (χ3n) is 2.53. The van der Waals surface area contributed by atoms with Crippen LogP contribution in [0.15, 0.2) is 18.5 Å². The van der Waals surface area contributed by atoms with Crippen LogP contribution in [-0.4, -0.2) is 38.0 Å². The molecule has 1 rings (SSSR count).